The summed E-state index contributed by atoms with van der Waals surface area (Å²) in [5, 5.41) is 7.20. The van der Waals surface area contributed by atoms with E-state index in [1.165, 1.54) is 6.20 Å². The van der Waals surface area contributed by atoms with E-state index in [1.807, 2.05) is 39.0 Å². The Morgan fingerprint density at radius 2 is 1.65 bits per heavy atom. The predicted octanol–water partition coefficient (Wildman–Crippen LogP) is 7.13. The lowest BCUT2D eigenvalue weighted by Crippen LogP contribution is -2.43. The van der Waals surface area contributed by atoms with Gasteiger partial charge in [0.05, 0.1) is 11.9 Å². The Bertz CT molecular complexity index is 1050. The number of amides is 2. The molecule has 0 fully saturated rings. The first-order chi connectivity index (χ1) is 14.6. The highest BCUT2D eigenvalue weighted by Gasteiger charge is 2.20. The van der Waals surface area contributed by atoms with Crippen molar-refractivity contribution in [3.63, 3.8) is 0 Å². The molecule has 1 unspecified atom stereocenters. The summed E-state index contributed by atoms with van der Waals surface area (Å²) in [5.41, 5.74) is 1.79. The van der Waals surface area contributed by atoms with E-state index in [-0.39, 0.29) is 11.6 Å². The molecule has 1 heterocycles. The summed E-state index contributed by atoms with van der Waals surface area (Å²) in [6.45, 7) is 5.71. The van der Waals surface area contributed by atoms with Gasteiger partial charge < -0.3 is 15.4 Å². The minimum atomic E-state index is -0.530. The Labute approximate surface area is 196 Å². The average molecular weight is 479 g/mol. The molecule has 0 aliphatic rings. The van der Waals surface area contributed by atoms with Crippen molar-refractivity contribution >= 4 is 46.5 Å². The van der Waals surface area contributed by atoms with Crippen molar-refractivity contribution in [2.24, 2.45) is 0 Å². The normalized spacial score (nSPS) is 12.2. The number of nitrogens with zero attached hydrogens (tertiary/aromatic N) is 1. The molecule has 0 saturated carbocycles. The van der Waals surface area contributed by atoms with E-state index >= 15 is 0 Å². The molecular weight excluding hydrogens is 457 g/mol. The number of hydrogen-bond acceptors (Lipinski definition) is 3. The van der Waals surface area contributed by atoms with E-state index < -0.39 is 6.10 Å². The highest BCUT2D eigenvalue weighted by atomic mass is 35.5. The fraction of sp³-hybridized carbons (Fsp3) is 0.217. The second kappa shape index (κ2) is 9.77. The highest BCUT2D eigenvalue weighted by Crippen LogP contribution is 2.34. The van der Waals surface area contributed by atoms with Crippen LogP contribution in [0.3, 0.4) is 0 Å². The van der Waals surface area contributed by atoms with E-state index in [2.05, 4.69) is 15.6 Å². The second-order valence-electron chi connectivity index (χ2n) is 7.93. The number of anilines is 1. The van der Waals surface area contributed by atoms with Crippen LogP contribution in [0.1, 0.15) is 38.0 Å². The van der Waals surface area contributed by atoms with Gasteiger partial charge in [-0.3, -0.25) is 0 Å². The van der Waals surface area contributed by atoms with Crippen LogP contribution in [0.25, 0.3) is 0 Å². The molecular formula is C23H22Cl3N3O2. The zero-order valence-corrected chi connectivity index (χ0v) is 19.5. The van der Waals surface area contributed by atoms with Crippen molar-refractivity contribution in [2.75, 3.05) is 5.32 Å². The summed E-state index contributed by atoms with van der Waals surface area (Å²) in [6, 6.07) is 15.6. The van der Waals surface area contributed by atoms with Gasteiger partial charge in [-0.2, -0.15) is 0 Å². The van der Waals surface area contributed by atoms with E-state index in [1.54, 1.807) is 36.4 Å². The number of hydrogen-bond donors (Lipinski definition) is 2. The maximum atomic E-state index is 12.0. The topological polar surface area (TPSA) is 63.2 Å². The maximum Gasteiger partial charge on any atom is 0.319 e. The number of carbonyl (C=O) groups excluding carboxylic acids is 1. The number of urea groups is 1. The third-order valence-electron chi connectivity index (χ3n) is 4.14. The van der Waals surface area contributed by atoms with Crippen LogP contribution in [-0.4, -0.2) is 16.6 Å². The van der Waals surface area contributed by atoms with Crippen molar-refractivity contribution in [1.82, 2.24) is 10.3 Å². The number of aromatic nitrogens is 1. The number of halogens is 3. The van der Waals surface area contributed by atoms with E-state index in [0.717, 1.165) is 11.1 Å². The molecule has 1 atom stereocenters. The summed E-state index contributed by atoms with van der Waals surface area (Å²) in [6.07, 6.45) is 0.998. The van der Waals surface area contributed by atoms with Crippen LogP contribution in [0.15, 0.2) is 60.8 Å². The molecule has 0 radical (unpaired) electrons. The van der Waals surface area contributed by atoms with Crippen LogP contribution in [0.5, 0.6) is 5.88 Å². The Hall–Kier alpha value is -2.47. The van der Waals surface area contributed by atoms with Gasteiger partial charge in [0, 0.05) is 32.2 Å². The predicted molar refractivity (Wildman–Crippen MR) is 127 cm³/mol. The summed E-state index contributed by atoms with van der Waals surface area (Å²) < 4.78 is 6.18. The van der Waals surface area contributed by atoms with E-state index in [0.29, 0.717) is 26.6 Å². The summed E-state index contributed by atoms with van der Waals surface area (Å²) in [5.74, 6) is 0.368. The molecule has 31 heavy (non-hydrogen) atoms. The number of carbonyl (C=O) groups is 1. The monoisotopic (exact) mass is 477 g/mol. The van der Waals surface area contributed by atoms with Crippen molar-refractivity contribution in [3.8, 4) is 5.88 Å². The molecule has 0 aliphatic heterocycles. The van der Waals surface area contributed by atoms with E-state index in [4.69, 9.17) is 39.5 Å². The number of pyridine rings is 1. The average Bonchev–Trinajstić information content (AvgIpc) is 2.67. The number of nitrogens with one attached hydrogen (secondary N) is 2. The van der Waals surface area contributed by atoms with Gasteiger partial charge in [0.1, 0.15) is 0 Å². The molecule has 2 aromatic carbocycles. The van der Waals surface area contributed by atoms with Gasteiger partial charge in [0.15, 0.2) is 6.10 Å². The molecule has 1 aromatic heterocycles. The lowest BCUT2D eigenvalue weighted by atomic mass is 10.0. The SMILES string of the molecule is CC(C)(C)NC(=O)Nc1ccc(OC(c2ccc(Cl)cc2)c2ccc(Cl)cc2Cl)nc1. The van der Waals surface area contributed by atoms with Gasteiger partial charge in [-0.25, -0.2) is 9.78 Å². The number of benzene rings is 2. The zero-order valence-electron chi connectivity index (χ0n) is 17.2. The Morgan fingerprint density at radius 3 is 2.23 bits per heavy atom. The highest BCUT2D eigenvalue weighted by molar-refractivity contribution is 6.35. The van der Waals surface area contributed by atoms with Gasteiger partial charge >= 0.3 is 6.03 Å². The fourth-order valence-electron chi connectivity index (χ4n) is 2.81. The first-order valence-electron chi connectivity index (χ1n) is 9.53. The largest absolute Gasteiger partial charge is 0.464 e. The van der Waals surface area contributed by atoms with Crippen molar-refractivity contribution in [2.45, 2.75) is 32.4 Å². The number of ether oxygens (including phenoxy) is 1. The minimum absolute atomic E-state index is 0.310. The van der Waals surface area contributed by atoms with Gasteiger partial charge in [-0.05, 0) is 56.7 Å². The van der Waals surface area contributed by atoms with Gasteiger partial charge in [-0.15, -0.1) is 0 Å². The summed E-state index contributed by atoms with van der Waals surface area (Å²) >= 11 is 18.5. The fourth-order valence-corrected chi connectivity index (χ4v) is 3.44. The van der Waals surface area contributed by atoms with Crippen LogP contribution in [0, 0.1) is 0 Å². The van der Waals surface area contributed by atoms with Crippen LogP contribution in [-0.2, 0) is 0 Å². The number of rotatable bonds is 5. The molecule has 2 amide bonds. The molecule has 3 rings (SSSR count). The smallest absolute Gasteiger partial charge is 0.319 e. The third-order valence-corrected chi connectivity index (χ3v) is 4.95. The van der Waals surface area contributed by atoms with Crippen LogP contribution >= 0.6 is 34.8 Å². The summed E-state index contributed by atoms with van der Waals surface area (Å²) in [4.78, 5) is 16.4. The Balaban J connectivity index is 1.83. The molecule has 5 nitrogen and oxygen atoms in total. The Kier molecular flexibility index (Phi) is 7.31. The van der Waals surface area contributed by atoms with Crippen molar-refractivity contribution in [1.29, 1.82) is 0 Å². The van der Waals surface area contributed by atoms with Gasteiger partial charge in [-0.1, -0.05) is 53.0 Å². The molecule has 2 N–H and O–H groups in total. The standard InChI is InChI=1S/C23H22Cl3N3O2/c1-23(2,3)29-22(30)28-17-9-11-20(27-13-17)31-21(14-4-6-15(24)7-5-14)18-10-8-16(25)12-19(18)26/h4-13,21H,1-3H3,(H2,28,29,30). The minimum Gasteiger partial charge on any atom is -0.464 e. The molecule has 3 aromatic rings. The maximum absolute atomic E-state index is 12.0. The lowest BCUT2D eigenvalue weighted by molar-refractivity contribution is 0.237. The molecule has 0 spiro atoms. The van der Waals surface area contributed by atoms with Gasteiger partial charge in [0.2, 0.25) is 5.88 Å². The lowest BCUT2D eigenvalue weighted by Gasteiger charge is -2.22. The van der Waals surface area contributed by atoms with Gasteiger partial charge in [0.25, 0.3) is 0 Å². The second-order valence-corrected chi connectivity index (χ2v) is 9.21. The molecule has 8 heteroatoms. The third kappa shape index (κ3) is 6.76. The Morgan fingerprint density at radius 1 is 0.968 bits per heavy atom. The first-order valence-corrected chi connectivity index (χ1v) is 10.7. The van der Waals surface area contributed by atoms with Crippen molar-refractivity contribution in [3.05, 3.63) is 87.0 Å². The quantitative estimate of drug-likeness (QED) is 0.410. The van der Waals surface area contributed by atoms with Crippen LogP contribution in [0.4, 0.5) is 10.5 Å². The molecule has 0 aliphatic carbocycles. The van der Waals surface area contributed by atoms with E-state index in [9.17, 15) is 4.79 Å². The van der Waals surface area contributed by atoms with Crippen molar-refractivity contribution < 1.29 is 9.53 Å². The molecule has 0 saturated heterocycles. The molecule has 0 bridgehead atoms. The van der Waals surface area contributed by atoms with Crippen LogP contribution in [0.2, 0.25) is 15.1 Å². The first kappa shape index (κ1) is 23.2. The zero-order chi connectivity index (χ0) is 22.6. The molecule has 162 valence electrons. The summed E-state index contributed by atoms with van der Waals surface area (Å²) in [7, 11) is 0. The van der Waals surface area contributed by atoms with Crippen LogP contribution < -0.4 is 15.4 Å².